The number of hydrogen-bond donors (Lipinski definition) is 0. The van der Waals surface area contributed by atoms with Gasteiger partial charge in [-0.3, -0.25) is 0 Å². The van der Waals surface area contributed by atoms with Crippen molar-refractivity contribution in [3.63, 3.8) is 0 Å². The van der Waals surface area contributed by atoms with Crippen molar-refractivity contribution in [3.05, 3.63) is 0 Å². The topological polar surface area (TPSA) is 21.8 Å². The molecule has 0 aromatic carbocycles. The summed E-state index contributed by atoms with van der Waals surface area (Å²) in [4.78, 5) is 0. The summed E-state index contributed by atoms with van der Waals surface area (Å²) in [6, 6.07) is 0. The fourth-order valence-electron chi connectivity index (χ4n) is 3.32. The van der Waals surface area contributed by atoms with Crippen LogP contribution in [0.2, 0.25) is 0 Å². The van der Waals surface area contributed by atoms with E-state index in [1.165, 1.54) is 77.0 Å². The summed E-state index contributed by atoms with van der Waals surface area (Å²) in [5.41, 5.74) is 0.217. The van der Waals surface area contributed by atoms with Gasteiger partial charge in [0.2, 0.25) is 0 Å². The summed E-state index contributed by atoms with van der Waals surface area (Å²) in [7, 11) is 0. The van der Waals surface area contributed by atoms with E-state index in [9.17, 15) is 0 Å². The third-order valence-corrected chi connectivity index (χ3v) is 4.73. The Balaban J connectivity index is 1.64. The molecule has 0 aromatic heterocycles. The fourth-order valence-corrected chi connectivity index (χ4v) is 3.32. The van der Waals surface area contributed by atoms with E-state index in [1.54, 1.807) is 0 Å². The number of ether oxygens (including phenoxy) is 2. The second-order valence-electron chi connectivity index (χ2n) is 6.53. The average molecular weight is 268 g/mol. The first-order valence-corrected chi connectivity index (χ1v) is 8.60. The second kappa shape index (κ2) is 8.26. The zero-order chi connectivity index (χ0) is 13.4. The lowest BCUT2D eigenvalue weighted by molar-refractivity contribution is -0.0815. The van der Waals surface area contributed by atoms with Crippen LogP contribution >= 0.6 is 0 Å². The van der Waals surface area contributed by atoms with E-state index in [-0.39, 0.29) is 5.60 Å². The summed E-state index contributed by atoms with van der Waals surface area (Å²) >= 11 is 0. The highest BCUT2D eigenvalue weighted by Crippen LogP contribution is 2.36. The SMILES string of the molecule is CCCCCCCCC1(OCC2CO2)CCCCC1. The van der Waals surface area contributed by atoms with E-state index in [0.717, 1.165) is 13.2 Å². The number of unbranched alkanes of at least 4 members (excludes halogenated alkanes) is 5. The summed E-state index contributed by atoms with van der Waals surface area (Å²) in [5, 5.41) is 0. The average Bonchev–Trinajstić information content (AvgIpc) is 3.26. The number of epoxide rings is 1. The molecule has 2 aliphatic rings. The van der Waals surface area contributed by atoms with Crippen LogP contribution in [0.5, 0.6) is 0 Å². The summed E-state index contributed by atoms with van der Waals surface area (Å²) in [5.74, 6) is 0. The van der Waals surface area contributed by atoms with Crippen LogP contribution in [0.3, 0.4) is 0 Å². The van der Waals surface area contributed by atoms with E-state index in [0.29, 0.717) is 6.10 Å². The van der Waals surface area contributed by atoms with Gasteiger partial charge in [-0.2, -0.15) is 0 Å². The van der Waals surface area contributed by atoms with E-state index in [4.69, 9.17) is 9.47 Å². The largest absolute Gasteiger partial charge is 0.372 e. The Morgan fingerprint density at radius 3 is 2.37 bits per heavy atom. The quantitative estimate of drug-likeness (QED) is 0.417. The molecular weight excluding hydrogens is 236 g/mol. The van der Waals surface area contributed by atoms with E-state index < -0.39 is 0 Å². The van der Waals surface area contributed by atoms with Crippen LogP contribution in [0.4, 0.5) is 0 Å². The van der Waals surface area contributed by atoms with Crippen LogP contribution in [0.25, 0.3) is 0 Å². The first-order chi connectivity index (χ1) is 9.35. The summed E-state index contributed by atoms with van der Waals surface area (Å²) in [6.45, 7) is 4.05. The van der Waals surface area contributed by atoms with Gasteiger partial charge in [-0.15, -0.1) is 0 Å². The normalized spacial score (nSPS) is 25.4. The molecular formula is C17H32O2. The fraction of sp³-hybridized carbons (Fsp3) is 1.00. The van der Waals surface area contributed by atoms with Crippen molar-refractivity contribution in [2.45, 2.75) is 95.7 Å². The molecule has 1 aliphatic carbocycles. The van der Waals surface area contributed by atoms with Gasteiger partial charge in [0.15, 0.2) is 0 Å². The zero-order valence-electron chi connectivity index (χ0n) is 12.8. The van der Waals surface area contributed by atoms with Crippen LogP contribution in [-0.2, 0) is 9.47 Å². The molecule has 0 bridgehead atoms. The number of rotatable bonds is 10. The maximum absolute atomic E-state index is 6.30. The monoisotopic (exact) mass is 268 g/mol. The third-order valence-electron chi connectivity index (χ3n) is 4.73. The van der Waals surface area contributed by atoms with Crippen molar-refractivity contribution in [1.29, 1.82) is 0 Å². The Morgan fingerprint density at radius 2 is 1.68 bits per heavy atom. The minimum atomic E-state index is 0.217. The molecule has 1 saturated heterocycles. The van der Waals surface area contributed by atoms with Crippen LogP contribution in [0, 0.1) is 0 Å². The molecule has 0 aromatic rings. The smallest absolute Gasteiger partial charge is 0.104 e. The van der Waals surface area contributed by atoms with Gasteiger partial charge in [0.05, 0.1) is 18.8 Å². The highest BCUT2D eigenvalue weighted by Gasteiger charge is 2.35. The van der Waals surface area contributed by atoms with Gasteiger partial charge in [0.25, 0.3) is 0 Å². The Kier molecular flexibility index (Phi) is 6.66. The van der Waals surface area contributed by atoms with Crippen molar-refractivity contribution in [2.75, 3.05) is 13.2 Å². The summed E-state index contributed by atoms with van der Waals surface area (Å²) < 4.78 is 11.6. The van der Waals surface area contributed by atoms with Crippen LogP contribution in [0.15, 0.2) is 0 Å². The van der Waals surface area contributed by atoms with Crippen LogP contribution in [0.1, 0.15) is 84.0 Å². The lowest BCUT2D eigenvalue weighted by Gasteiger charge is -2.37. The highest BCUT2D eigenvalue weighted by molar-refractivity contribution is 4.85. The van der Waals surface area contributed by atoms with Gasteiger partial charge in [0.1, 0.15) is 6.10 Å². The van der Waals surface area contributed by atoms with E-state index in [2.05, 4.69) is 6.92 Å². The van der Waals surface area contributed by atoms with Crippen molar-refractivity contribution in [2.24, 2.45) is 0 Å². The molecule has 2 rings (SSSR count). The minimum Gasteiger partial charge on any atom is -0.372 e. The molecule has 1 heterocycles. The lowest BCUT2D eigenvalue weighted by atomic mass is 9.81. The Morgan fingerprint density at radius 1 is 1.00 bits per heavy atom. The molecule has 2 fully saturated rings. The first-order valence-electron chi connectivity index (χ1n) is 8.60. The second-order valence-corrected chi connectivity index (χ2v) is 6.53. The molecule has 1 unspecified atom stereocenters. The Hall–Kier alpha value is -0.0800. The zero-order valence-corrected chi connectivity index (χ0v) is 12.8. The van der Waals surface area contributed by atoms with Crippen molar-refractivity contribution < 1.29 is 9.47 Å². The Labute approximate surface area is 119 Å². The predicted octanol–water partition coefficient (Wildman–Crippen LogP) is 4.86. The van der Waals surface area contributed by atoms with E-state index in [1.807, 2.05) is 0 Å². The van der Waals surface area contributed by atoms with Crippen molar-refractivity contribution in [3.8, 4) is 0 Å². The standard InChI is InChI=1S/C17H32O2/c1-2-3-4-5-6-8-11-17(12-9-7-10-13-17)19-15-16-14-18-16/h16H,2-15H2,1H3. The predicted molar refractivity (Wildman–Crippen MR) is 79.5 cm³/mol. The number of hydrogen-bond acceptors (Lipinski definition) is 2. The molecule has 1 aliphatic heterocycles. The molecule has 0 N–H and O–H groups in total. The van der Waals surface area contributed by atoms with Gasteiger partial charge in [-0.25, -0.2) is 0 Å². The molecule has 19 heavy (non-hydrogen) atoms. The molecule has 1 atom stereocenters. The van der Waals surface area contributed by atoms with Crippen molar-refractivity contribution >= 4 is 0 Å². The van der Waals surface area contributed by atoms with Gasteiger partial charge >= 0.3 is 0 Å². The van der Waals surface area contributed by atoms with Gasteiger partial charge in [-0.05, 0) is 19.3 Å². The molecule has 112 valence electrons. The Bertz CT molecular complexity index is 229. The minimum absolute atomic E-state index is 0.217. The molecule has 1 saturated carbocycles. The first kappa shape index (κ1) is 15.3. The van der Waals surface area contributed by atoms with E-state index >= 15 is 0 Å². The molecule has 0 radical (unpaired) electrons. The van der Waals surface area contributed by atoms with Crippen molar-refractivity contribution in [1.82, 2.24) is 0 Å². The molecule has 0 spiro atoms. The van der Waals surface area contributed by atoms with Crippen LogP contribution < -0.4 is 0 Å². The van der Waals surface area contributed by atoms with Gasteiger partial charge in [-0.1, -0.05) is 64.7 Å². The highest BCUT2D eigenvalue weighted by atomic mass is 16.6. The molecule has 2 heteroatoms. The third kappa shape index (κ3) is 5.83. The van der Waals surface area contributed by atoms with Gasteiger partial charge in [0, 0.05) is 0 Å². The van der Waals surface area contributed by atoms with Crippen LogP contribution in [-0.4, -0.2) is 24.9 Å². The molecule has 0 amide bonds. The maximum Gasteiger partial charge on any atom is 0.104 e. The summed E-state index contributed by atoms with van der Waals surface area (Å²) in [6.07, 6.45) is 16.7. The lowest BCUT2D eigenvalue weighted by Crippen LogP contribution is -2.36. The van der Waals surface area contributed by atoms with Gasteiger partial charge < -0.3 is 9.47 Å². The maximum atomic E-state index is 6.30. The molecule has 2 nitrogen and oxygen atoms in total.